The van der Waals surface area contributed by atoms with E-state index in [2.05, 4.69) is 20.8 Å². The van der Waals surface area contributed by atoms with Crippen LogP contribution in [0.2, 0.25) is 0 Å². The predicted molar refractivity (Wildman–Crippen MR) is 66.8 cm³/mol. The first-order chi connectivity index (χ1) is 7.87. The number of likely N-dealkylation sites (tertiary alicyclic amines) is 1. The quantitative estimate of drug-likeness (QED) is 0.809. The summed E-state index contributed by atoms with van der Waals surface area (Å²) in [6, 6.07) is 0.188. The minimum absolute atomic E-state index is 0.175. The van der Waals surface area contributed by atoms with E-state index in [0.717, 1.165) is 19.3 Å². The van der Waals surface area contributed by atoms with Crippen LogP contribution in [-0.4, -0.2) is 42.4 Å². The first-order valence-corrected chi connectivity index (χ1v) is 6.33. The molecule has 4 heteroatoms. The normalized spacial score (nSPS) is 25.8. The third-order valence-corrected chi connectivity index (χ3v) is 3.34. The molecule has 0 aromatic carbocycles. The van der Waals surface area contributed by atoms with Crippen molar-refractivity contribution in [3.05, 3.63) is 0 Å². The molecule has 1 aliphatic rings. The Morgan fingerprint density at radius 3 is 2.59 bits per heavy atom. The van der Waals surface area contributed by atoms with E-state index in [0.29, 0.717) is 12.5 Å². The lowest BCUT2D eigenvalue weighted by Crippen LogP contribution is -2.48. The van der Waals surface area contributed by atoms with E-state index in [-0.39, 0.29) is 24.2 Å². The van der Waals surface area contributed by atoms with Gasteiger partial charge in [-0.15, -0.1) is 0 Å². The van der Waals surface area contributed by atoms with Crippen LogP contribution in [0.3, 0.4) is 0 Å². The Bertz CT molecular complexity index is 260. The molecule has 1 aliphatic heterocycles. The Morgan fingerprint density at radius 2 is 2.12 bits per heavy atom. The Balaban J connectivity index is 2.71. The Labute approximate surface area is 104 Å². The topological polar surface area (TPSA) is 49.8 Å². The van der Waals surface area contributed by atoms with Crippen LogP contribution in [0.15, 0.2) is 0 Å². The van der Waals surface area contributed by atoms with Crippen molar-refractivity contribution in [1.82, 2.24) is 4.90 Å². The summed E-state index contributed by atoms with van der Waals surface area (Å²) in [4.78, 5) is 13.5. The molecule has 1 heterocycles. The van der Waals surface area contributed by atoms with Crippen LogP contribution in [0.25, 0.3) is 0 Å². The molecule has 4 nitrogen and oxygen atoms in total. The molecule has 0 aliphatic carbocycles. The fraction of sp³-hybridized carbons (Fsp3) is 0.923. The lowest BCUT2D eigenvalue weighted by molar-refractivity contribution is 0.0471. The van der Waals surface area contributed by atoms with E-state index in [9.17, 15) is 9.90 Å². The summed E-state index contributed by atoms with van der Waals surface area (Å²) in [5.74, 6) is 0.322. The van der Waals surface area contributed by atoms with Crippen LogP contribution in [0.5, 0.6) is 0 Å². The minimum atomic E-state index is -0.240. The van der Waals surface area contributed by atoms with E-state index >= 15 is 0 Å². The molecule has 17 heavy (non-hydrogen) atoms. The molecule has 1 amide bonds. The van der Waals surface area contributed by atoms with Gasteiger partial charge in [0.2, 0.25) is 0 Å². The van der Waals surface area contributed by atoms with Crippen LogP contribution in [0.4, 0.5) is 4.79 Å². The van der Waals surface area contributed by atoms with Gasteiger partial charge in [-0.2, -0.15) is 0 Å². The smallest absolute Gasteiger partial charge is 0.409 e. The van der Waals surface area contributed by atoms with Crippen molar-refractivity contribution < 1.29 is 14.6 Å². The molecule has 100 valence electrons. The molecule has 0 radical (unpaired) electrons. The maximum Gasteiger partial charge on any atom is 0.409 e. The first kappa shape index (κ1) is 14.3. The zero-order chi connectivity index (χ0) is 13.1. The van der Waals surface area contributed by atoms with Crippen molar-refractivity contribution in [2.24, 2.45) is 11.3 Å². The molecule has 2 unspecified atom stereocenters. The Hall–Kier alpha value is -0.770. The molecular weight excluding hydrogens is 218 g/mol. The third-order valence-electron chi connectivity index (χ3n) is 3.34. The summed E-state index contributed by atoms with van der Waals surface area (Å²) < 4.78 is 4.83. The van der Waals surface area contributed by atoms with E-state index in [1.54, 1.807) is 0 Å². The molecule has 1 rings (SSSR count). The van der Waals surface area contributed by atoms with Gasteiger partial charge in [0.25, 0.3) is 0 Å². The predicted octanol–water partition coefficient (Wildman–Crippen LogP) is 2.26. The number of rotatable bonds is 2. The van der Waals surface area contributed by atoms with E-state index < -0.39 is 0 Å². The van der Waals surface area contributed by atoms with Gasteiger partial charge in [0.05, 0.1) is 7.11 Å². The number of hydrogen-bond donors (Lipinski definition) is 1. The SMILES string of the molecule is COC(=O)N1CCC(CO)CC1CC(C)(C)C. The standard InChI is InChI=1S/C13H25NO3/c1-13(2,3)8-11-7-10(9-15)5-6-14(11)12(16)17-4/h10-11,15H,5-9H2,1-4H3. The maximum absolute atomic E-state index is 11.7. The van der Waals surface area contributed by atoms with E-state index in [4.69, 9.17) is 4.74 Å². The monoisotopic (exact) mass is 243 g/mol. The highest BCUT2D eigenvalue weighted by atomic mass is 16.5. The van der Waals surface area contributed by atoms with Crippen LogP contribution in [0.1, 0.15) is 40.0 Å². The fourth-order valence-corrected chi connectivity index (χ4v) is 2.56. The molecule has 0 aromatic heterocycles. The number of methoxy groups -OCH3 is 1. The number of nitrogens with zero attached hydrogens (tertiary/aromatic N) is 1. The number of aliphatic hydroxyl groups is 1. The molecule has 1 fully saturated rings. The molecule has 0 spiro atoms. The summed E-state index contributed by atoms with van der Waals surface area (Å²) in [5.41, 5.74) is 0.175. The number of carbonyl (C=O) groups excluding carboxylic acids is 1. The van der Waals surface area contributed by atoms with Crippen molar-refractivity contribution in [1.29, 1.82) is 0 Å². The Morgan fingerprint density at radius 1 is 1.47 bits per heavy atom. The van der Waals surface area contributed by atoms with Crippen LogP contribution >= 0.6 is 0 Å². The van der Waals surface area contributed by atoms with Gasteiger partial charge in [-0.3, -0.25) is 0 Å². The van der Waals surface area contributed by atoms with Gasteiger partial charge in [0, 0.05) is 19.2 Å². The first-order valence-electron chi connectivity index (χ1n) is 6.33. The van der Waals surface area contributed by atoms with Gasteiger partial charge in [0.1, 0.15) is 0 Å². The molecular formula is C13H25NO3. The molecule has 0 aromatic rings. The molecule has 2 atom stereocenters. The van der Waals surface area contributed by atoms with E-state index in [1.807, 2.05) is 4.90 Å². The van der Waals surface area contributed by atoms with E-state index in [1.165, 1.54) is 7.11 Å². The second kappa shape index (κ2) is 5.71. The Kier molecular flexibility index (Phi) is 4.80. The van der Waals surface area contributed by atoms with Gasteiger partial charge >= 0.3 is 6.09 Å². The lowest BCUT2D eigenvalue weighted by Gasteiger charge is -2.40. The maximum atomic E-state index is 11.7. The molecule has 1 saturated heterocycles. The number of aliphatic hydroxyl groups excluding tert-OH is 1. The minimum Gasteiger partial charge on any atom is -0.453 e. The zero-order valence-electron chi connectivity index (χ0n) is 11.4. The second-order valence-electron chi connectivity index (χ2n) is 6.16. The molecule has 0 saturated carbocycles. The average molecular weight is 243 g/mol. The summed E-state index contributed by atoms with van der Waals surface area (Å²) in [5, 5.41) is 9.25. The van der Waals surface area contributed by atoms with Crippen LogP contribution in [0, 0.1) is 11.3 Å². The highest BCUT2D eigenvalue weighted by molar-refractivity contribution is 5.68. The number of hydrogen-bond acceptors (Lipinski definition) is 3. The summed E-state index contributed by atoms with van der Waals surface area (Å²) in [6.07, 6.45) is 2.45. The third kappa shape index (κ3) is 4.19. The average Bonchev–Trinajstić information content (AvgIpc) is 2.25. The van der Waals surface area contributed by atoms with Crippen molar-refractivity contribution in [3.8, 4) is 0 Å². The number of piperidine rings is 1. The lowest BCUT2D eigenvalue weighted by atomic mass is 9.81. The summed E-state index contributed by atoms with van der Waals surface area (Å²) in [6.45, 7) is 7.43. The zero-order valence-corrected chi connectivity index (χ0v) is 11.4. The molecule has 1 N–H and O–H groups in total. The largest absolute Gasteiger partial charge is 0.453 e. The summed E-state index contributed by atoms with van der Waals surface area (Å²) in [7, 11) is 1.43. The van der Waals surface area contributed by atoms with Crippen molar-refractivity contribution in [2.75, 3.05) is 20.3 Å². The fourth-order valence-electron chi connectivity index (χ4n) is 2.56. The van der Waals surface area contributed by atoms with Gasteiger partial charge < -0.3 is 14.7 Å². The van der Waals surface area contributed by atoms with Crippen LogP contribution in [-0.2, 0) is 4.74 Å². The highest BCUT2D eigenvalue weighted by Gasteiger charge is 2.34. The van der Waals surface area contributed by atoms with Gasteiger partial charge in [-0.05, 0) is 30.6 Å². The number of amides is 1. The van der Waals surface area contributed by atoms with Crippen molar-refractivity contribution >= 4 is 6.09 Å². The second-order valence-corrected chi connectivity index (χ2v) is 6.16. The highest BCUT2D eigenvalue weighted by Crippen LogP contribution is 2.31. The van der Waals surface area contributed by atoms with Crippen molar-refractivity contribution in [2.45, 2.75) is 46.1 Å². The molecule has 0 bridgehead atoms. The van der Waals surface area contributed by atoms with Gasteiger partial charge in [0.15, 0.2) is 0 Å². The van der Waals surface area contributed by atoms with Gasteiger partial charge in [-0.1, -0.05) is 20.8 Å². The van der Waals surface area contributed by atoms with Crippen molar-refractivity contribution in [3.63, 3.8) is 0 Å². The van der Waals surface area contributed by atoms with Crippen LogP contribution < -0.4 is 0 Å². The van der Waals surface area contributed by atoms with Gasteiger partial charge in [-0.25, -0.2) is 4.79 Å². The number of ether oxygens (including phenoxy) is 1. The number of carbonyl (C=O) groups is 1. The summed E-state index contributed by atoms with van der Waals surface area (Å²) >= 11 is 0.